The van der Waals surface area contributed by atoms with Gasteiger partial charge in [0, 0.05) is 23.2 Å². The van der Waals surface area contributed by atoms with Gasteiger partial charge in [0.05, 0.1) is 0 Å². The van der Waals surface area contributed by atoms with Gasteiger partial charge in [-0.05, 0) is 29.7 Å². The molecule has 1 aliphatic carbocycles. The normalized spacial score (nSPS) is 14.7. The highest BCUT2D eigenvalue weighted by molar-refractivity contribution is 7.13. The van der Waals surface area contributed by atoms with E-state index in [0.29, 0.717) is 10.7 Å². The molecule has 1 aliphatic rings. The average Bonchev–Trinajstić information content (AvgIpc) is 3.24. The van der Waals surface area contributed by atoms with E-state index in [2.05, 4.69) is 10.3 Å². The SMILES string of the molecule is O=C(CN(C(=O)c1cccc2ccccc12)C1CCCCC1)Nc1nccs1. The molecule has 2 aromatic carbocycles. The predicted octanol–water partition coefficient (Wildman–Crippen LogP) is 4.71. The minimum Gasteiger partial charge on any atom is -0.326 e. The van der Waals surface area contributed by atoms with Gasteiger partial charge in [0.2, 0.25) is 5.91 Å². The van der Waals surface area contributed by atoms with Crippen LogP contribution in [0.2, 0.25) is 0 Å². The maximum Gasteiger partial charge on any atom is 0.255 e. The minimum absolute atomic E-state index is 0.0479. The van der Waals surface area contributed by atoms with Gasteiger partial charge in [0.1, 0.15) is 6.54 Å². The molecule has 28 heavy (non-hydrogen) atoms. The maximum absolute atomic E-state index is 13.5. The molecular weight excluding hydrogens is 370 g/mol. The van der Waals surface area contributed by atoms with Crippen molar-refractivity contribution in [3.63, 3.8) is 0 Å². The molecule has 1 saturated carbocycles. The number of hydrogen-bond donors (Lipinski definition) is 1. The van der Waals surface area contributed by atoms with Crippen molar-refractivity contribution in [2.24, 2.45) is 0 Å². The van der Waals surface area contributed by atoms with Crippen LogP contribution in [0.3, 0.4) is 0 Å². The van der Waals surface area contributed by atoms with E-state index in [-0.39, 0.29) is 24.4 Å². The van der Waals surface area contributed by atoms with Crippen molar-refractivity contribution in [3.8, 4) is 0 Å². The van der Waals surface area contributed by atoms with Gasteiger partial charge in [-0.15, -0.1) is 11.3 Å². The number of rotatable bonds is 5. The highest BCUT2D eigenvalue weighted by atomic mass is 32.1. The number of carbonyl (C=O) groups excluding carboxylic acids is 2. The molecular formula is C22H23N3O2S. The van der Waals surface area contributed by atoms with E-state index < -0.39 is 0 Å². The fourth-order valence-corrected chi connectivity index (χ4v) is 4.47. The Bertz CT molecular complexity index is 960. The molecule has 1 aromatic heterocycles. The van der Waals surface area contributed by atoms with E-state index in [0.717, 1.165) is 36.5 Å². The van der Waals surface area contributed by atoms with Gasteiger partial charge in [-0.1, -0.05) is 55.7 Å². The van der Waals surface area contributed by atoms with Gasteiger partial charge in [-0.3, -0.25) is 9.59 Å². The maximum atomic E-state index is 13.5. The molecule has 2 amide bonds. The first-order valence-corrected chi connectivity index (χ1v) is 10.6. The summed E-state index contributed by atoms with van der Waals surface area (Å²) in [5, 5.41) is 7.14. The summed E-state index contributed by atoms with van der Waals surface area (Å²) in [7, 11) is 0. The van der Waals surface area contributed by atoms with Crippen LogP contribution in [-0.2, 0) is 4.79 Å². The van der Waals surface area contributed by atoms with Crippen LogP contribution in [0.5, 0.6) is 0 Å². The number of thiazole rings is 1. The molecule has 144 valence electrons. The van der Waals surface area contributed by atoms with Crippen LogP contribution in [0.4, 0.5) is 5.13 Å². The van der Waals surface area contributed by atoms with E-state index in [9.17, 15) is 9.59 Å². The van der Waals surface area contributed by atoms with Crippen LogP contribution >= 0.6 is 11.3 Å². The lowest BCUT2D eigenvalue weighted by atomic mass is 9.93. The first kappa shape index (κ1) is 18.6. The lowest BCUT2D eigenvalue weighted by Gasteiger charge is -2.34. The van der Waals surface area contributed by atoms with Crippen LogP contribution in [-0.4, -0.2) is 34.3 Å². The van der Waals surface area contributed by atoms with E-state index in [4.69, 9.17) is 0 Å². The molecule has 1 heterocycles. The number of carbonyl (C=O) groups is 2. The van der Waals surface area contributed by atoms with Crippen molar-refractivity contribution in [3.05, 3.63) is 59.6 Å². The number of hydrogen-bond acceptors (Lipinski definition) is 4. The zero-order chi connectivity index (χ0) is 19.3. The molecule has 0 aliphatic heterocycles. The zero-order valence-electron chi connectivity index (χ0n) is 15.6. The second-order valence-electron chi connectivity index (χ2n) is 7.14. The Balaban J connectivity index is 1.62. The molecule has 0 unspecified atom stereocenters. The molecule has 3 aromatic rings. The van der Waals surface area contributed by atoms with E-state index >= 15 is 0 Å². The Morgan fingerprint density at radius 2 is 1.86 bits per heavy atom. The smallest absolute Gasteiger partial charge is 0.255 e. The summed E-state index contributed by atoms with van der Waals surface area (Å²) in [5.41, 5.74) is 0.658. The summed E-state index contributed by atoms with van der Waals surface area (Å²) in [6.45, 7) is 0.0479. The zero-order valence-corrected chi connectivity index (χ0v) is 16.5. The molecule has 1 N–H and O–H groups in total. The summed E-state index contributed by atoms with van der Waals surface area (Å²) in [5.74, 6) is -0.271. The molecule has 0 radical (unpaired) electrons. The fourth-order valence-electron chi connectivity index (χ4n) is 3.92. The Hall–Kier alpha value is -2.73. The van der Waals surface area contributed by atoms with Gasteiger partial charge in [0.25, 0.3) is 5.91 Å². The van der Waals surface area contributed by atoms with Crippen LogP contribution in [0.25, 0.3) is 10.8 Å². The van der Waals surface area contributed by atoms with E-state index in [1.165, 1.54) is 17.8 Å². The molecule has 5 nitrogen and oxygen atoms in total. The molecule has 0 atom stereocenters. The van der Waals surface area contributed by atoms with Crippen molar-refractivity contribution in [2.45, 2.75) is 38.1 Å². The number of amides is 2. The van der Waals surface area contributed by atoms with Crippen LogP contribution in [0.15, 0.2) is 54.0 Å². The Kier molecular flexibility index (Phi) is 5.67. The van der Waals surface area contributed by atoms with E-state index in [1.54, 1.807) is 11.1 Å². The minimum atomic E-state index is -0.200. The highest BCUT2D eigenvalue weighted by Crippen LogP contribution is 2.26. The topological polar surface area (TPSA) is 62.3 Å². The summed E-state index contributed by atoms with van der Waals surface area (Å²) >= 11 is 1.37. The average molecular weight is 394 g/mol. The van der Waals surface area contributed by atoms with Crippen molar-refractivity contribution in [1.29, 1.82) is 0 Å². The number of fused-ring (bicyclic) bond motifs is 1. The quantitative estimate of drug-likeness (QED) is 0.683. The second-order valence-corrected chi connectivity index (χ2v) is 8.03. The lowest BCUT2D eigenvalue weighted by molar-refractivity contribution is -0.117. The predicted molar refractivity (Wildman–Crippen MR) is 113 cm³/mol. The van der Waals surface area contributed by atoms with Crippen molar-refractivity contribution in [1.82, 2.24) is 9.88 Å². The third-order valence-electron chi connectivity index (χ3n) is 5.29. The van der Waals surface area contributed by atoms with Gasteiger partial charge in [-0.25, -0.2) is 4.98 Å². The summed E-state index contributed by atoms with van der Waals surface area (Å²) in [6, 6.07) is 13.8. The number of anilines is 1. The molecule has 6 heteroatoms. The lowest BCUT2D eigenvalue weighted by Crippen LogP contribution is -2.45. The summed E-state index contributed by atoms with van der Waals surface area (Å²) in [4.78, 5) is 32.0. The fraction of sp³-hybridized carbons (Fsp3) is 0.318. The number of nitrogens with zero attached hydrogens (tertiary/aromatic N) is 2. The molecule has 0 spiro atoms. The standard InChI is InChI=1S/C22H23N3O2S/c26-20(24-22-23-13-14-28-22)15-25(17-9-2-1-3-10-17)21(27)19-12-6-8-16-7-4-5-11-18(16)19/h4-8,11-14,17H,1-3,9-10,15H2,(H,23,24,26). The van der Waals surface area contributed by atoms with Crippen LogP contribution in [0.1, 0.15) is 42.5 Å². The first-order valence-electron chi connectivity index (χ1n) is 9.70. The van der Waals surface area contributed by atoms with Crippen molar-refractivity contribution < 1.29 is 9.59 Å². The first-order chi connectivity index (χ1) is 13.7. The van der Waals surface area contributed by atoms with Gasteiger partial charge < -0.3 is 10.2 Å². The molecule has 1 fully saturated rings. The Morgan fingerprint density at radius 3 is 2.64 bits per heavy atom. The monoisotopic (exact) mass is 393 g/mol. The van der Waals surface area contributed by atoms with Gasteiger partial charge in [-0.2, -0.15) is 0 Å². The number of aromatic nitrogens is 1. The summed E-state index contributed by atoms with van der Waals surface area (Å²) in [6.07, 6.45) is 6.93. The van der Waals surface area contributed by atoms with Crippen LogP contribution in [0, 0.1) is 0 Å². The van der Waals surface area contributed by atoms with Gasteiger partial charge >= 0.3 is 0 Å². The second kappa shape index (κ2) is 8.52. The van der Waals surface area contributed by atoms with Gasteiger partial charge in [0.15, 0.2) is 5.13 Å². The van der Waals surface area contributed by atoms with E-state index in [1.807, 2.05) is 47.8 Å². The highest BCUT2D eigenvalue weighted by Gasteiger charge is 2.29. The Morgan fingerprint density at radius 1 is 1.07 bits per heavy atom. The third-order valence-corrected chi connectivity index (χ3v) is 5.98. The van der Waals surface area contributed by atoms with Crippen molar-refractivity contribution >= 4 is 39.1 Å². The largest absolute Gasteiger partial charge is 0.326 e. The third kappa shape index (κ3) is 4.07. The number of benzene rings is 2. The molecule has 0 bridgehead atoms. The van der Waals surface area contributed by atoms with Crippen LogP contribution < -0.4 is 5.32 Å². The summed E-state index contributed by atoms with van der Waals surface area (Å²) < 4.78 is 0. The molecule has 4 rings (SSSR count). The van der Waals surface area contributed by atoms with Crippen molar-refractivity contribution in [2.75, 3.05) is 11.9 Å². The number of nitrogens with one attached hydrogen (secondary N) is 1. The Labute approximate surface area is 168 Å². The molecule has 0 saturated heterocycles.